The standard InChI is InChI=1S/C17H25N3OS.2ClH/c21-17(10-16-13-22-9-7-18-16)19-15-6-8-20(12-15)11-14-4-2-1-3-5-14;;/h1-5,15-16,18H,6-13H2,(H,19,21);2*1H. The van der Waals surface area contributed by atoms with E-state index in [2.05, 4.69) is 39.8 Å². The van der Waals surface area contributed by atoms with Gasteiger partial charge in [-0.3, -0.25) is 9.69 Å². The lowest BCUT2D eigenvalue weighted by atomic mass is 10.2. The van der Waals surface area contributed by atoms with Crippen LogP contribution in [0.25, 0.3) is 0 Å². The van der Waals surface area contributed by atoms with Crippen molar-refractivity contribution in [2.75, 3.05) is 31.1 Å². The zero-order valence-electron chi connectivity index (χ0n) is 13.8. The van der Waals surface area contributed by atoms with Crippen LogP contribution in [0.5, 0.6) is 0 Å². The van der Waals surface area contributed by atoms with Crippen LogP contribution in [-0.4, -0.2) is 54.0 Å². The van der Waals surface area contributed by atoms with E-state index in [-0.39, 0.29) is 30.7 Å². The van der Waals surface area contributed by atoms with Crippen molar-refractivity contribution >= 4 is 42.5 Å². The Morgan fingerprint density at radius 1 is 1.29 bits per heavy atom. The molecule has 0 aliphatic carbocycles. The number of halogens is 2. The predicted molar refractivity (Wildman–Crippen MR) is 106 cm³/mol. The molecular formula is C17H27Cl2N3OS. The van der Waals surface area contributed by atoms with Gasteiger partial charge in [-0.25, -0.2) is 0 Å². The fraction of sp³-hybridized carbons (Fsp3) is 0.588. The van der Waals surface area contributed by atoms with Gasteiger partial charge in [-0.05, 0) is 12.0 Å². The summed E-state index contributed by atoms with van der Waals surface area (Å²) in [6.45, 7) is 4.04. The summed E-state index contributed by atoms with van der Waals surface area (Å²) in [6, 6.07) is 11.2. The molecule has 2 fully saturated rings. The molecule has 1 aromatic carbocycles. The van der Waals surface area contributed by atoms with E-state index in [1.165, 1.54) is 5.56 Å². The minimum absolute atomic E-state index is 0. The van der Waals surface area contributed by atoms with Crippen LogP contribution in [0.15, 0.2) is 30.3 Å². The SMILES string of the molecule is Cl.Cl.O=C(CC1CSCCN1)NC1CCN(Cc2ccccc2)C1. The largest absolute Gasteiger partial charge is 0.352 e. The van der Waals surface area contributed by atoms with Crippen LogP contribution in [0.3, 0.4) is 0 Å². The topological polar surface area (TPSA) is 44.4 Å². The van der Waals surface area contributed by atoms with Gasteiger partial charge < -0.3 is 10.6 Å². The number of rotatable bonds is 5. The number of carbonyl (C=O) groups excluding carboxylic acids is 1. The molecule has 2 aliphatic heterocycles. The summed E-state index contributed by atoms with van der Waals surface area (Å²) >= 11 is 1.94. The van der Waals surface area contributed by atoms with Crippen LogP contribution in [0.4, 0.5) is 0 Å². The molecule has 0 radical (unpaired) electrons. The Hall–Kier alpha value is -0.460. The number of carbonyl (C=O) groups is 1. The molecule has 136 valence electrons. The van der Waals surface area contributed by atoms with Gasteiger partial charge in [-0.1, -0.05) is 30.3 Å². The number of amides is 1. The number of hydrogen-bond acceptors (Lipinski definition) is 4. The van der Waals surface area contributed by atoms with Gasteiger partial charge in [0.05, 0.1) is 0 Å². The van der Waals surface area contributed by atoms with Crippen LogP contribution in [0.1, 0.15) is 18.4 Å². The highest BCUT2D eigenvalue weighted by atomic mass is 35.5. The average molecular weight is 392 g/mol. The van der Waals surface area contributed by atoms with E-state index in [1.807, 2.05) is 17.8 Å². The first-order chi connectivity index (χ1) is 10.8. The second kappa shape index (κ2) is 11.2. The zero-order chi connectivity index (χ0) is 15.2. The van der Waals surface area contributed by atoms with Crippen LogP contribution < -0.4 is 10.6 Å². The Morgan fingerprint density at radius 2 is 2.08 bits per heavy atom. The number of thioether (sulfide) groups is 1. The molecule has 4 nitrogen and oxygen atoms in total. The highest BCUT2D eigenvalue weighted by Gasteiger charge is 2.25. The molecule has 1 amide bonds. The quantitative estimate of drug-likeness (QED) is 0.807. The van der Waals surface area contributed by atoms with Gasteiger partial charge in [-0.2, -0.15) is 11.8 Å². The average Bonchev–Trinajstić information content (AvgIpc) is 2.96. The van der Waals surface area contributed by atoms with Crippen LogP contribution in [-0.2, 0) is 11.3 Å². The smallest absolute Gasteiger partial charge is 0.221 e. The third-order valence-electron chi connectivity index (χ3n) is 4.32. The molecule has 2 heterocycles. The van der Waals surface area contributed by atoms with Gasteiger partial charge in [0.15, 0.2) is 0 Å². The third kappa shape index (κ3) is 6.81. The second-order valence-electron chi connectivity index (χ2n) is 6.20. The fourth-order valence-corrected chi connectivity index (χ4v) is 4.15. The van der Waals surface area contributed by atoms with E-state index in [9.17, 15) is 4.79 Å². The van der Waals surface area contributed by atoms with E-state index in [0.717, 1.165) is 44.1 Å². The van der Waals surface area contributed by atoms with Gasteiger partial charge in [-0.15, -0.1) is 24.8 Å². The zero-order valence-corrected chi connectivity index (χ0v) is 16.2. The molecule has 0 saturated carbocycles. The fourth-order valence-electron chi connectivity index (χ4n) is 3.20. The lowest BCUT2D eigenvalue weighted by molar-refractivity contribution is -0.122. The summed E-state index contributed by atoms with van der Waals surface area (Å²) in [5, 5.41) is 6.64. The summed E-state index contributed by atoms with van der Waals surface area (Å²) in [5.41, 5.74) is 1.35. The summed E-state index contributed by atoms with van der Waals surface area (Å²) in [7, 11) is 0. The first kappa shape index (κ1) is 21.6. The van der Waals surface area contributed by atoms with Crippen molar-refractivity contribution in [2.24, 2.45) is 0 Å². The number of nitrogens with zero attached hydrogens (tertiary/aromatic N) is 1. The monoisotopic (exact) mass is 391 g/mol. The van der Waals surface area contributed by atoms with Gasteiger partial charge in [0.25, 0.3) is 0 Å². The molecular weight excluding hydrogens is 365 g/mol. The maximum Gasteiger partial charge on any atom is 0.221 e. The van der Waals surface area contributed by atoms with Gasteiger partial charge in [0.1, 0.15) is 0 Å². The van der Waals surface area contributed by atoms with Crippen molar-refractivity contribution in [2.45, 2.75) is 31.5 Å². The molecule has 7 heteroatoms. The van der Waals surface area contributed by atoms with Gasteiger partial charge >= 0.3 is 0 Å². The van der Waals surface area contributed by atoms with E-state index in [0.29, 0.717) is 18.5 Å². The molecule has 1 aromatic rings. The van der Waals surface area contributed by atoms with Crippen LogP contribution in [0.2, 0.25) is 0 Å². The Balaban J connectivity index is 0.00000144. The van der Waals surface area contributed by atoms with E-state index in [1.54, 1.807) is 0 Å². The number of hydrogen-bond donors (Lipinski definition) is 2. The Morgan fingerprint density at radius 3 is 2.79 bits per heavy atom. The number of benzene rings is 1. The summed E-state index contributed by atoms with van der Waals surface area (Å²) < 4.78 is 0. The summed E-state index contributed by atoms with van der Waals surface area (Å²) in [4.78, 5) is 14.6. The predicted octanol–water partition coefficient (Wildman–Crippen LogP) is 2.32. The van der Waals surface area contributed by atoms with E-state index in [4.69, 9.17) is 0 Å². The maximum absolute atomic E-state index is 12.2. The van der Waals surface area contributed by atoms with Gasteiger partial charge in [0, 0.05) is 56.2 Å². The molecule has 0 spiro atoms. The Bertz CT molecular complexity index is 486. The van der Waals surface area contributed by atoms with Crippen molar-refractivity contribution in [3.63, 3.8) is 0 Å². The molecule has 0 aromatic heterocycles. The second-order valence-corrected chi connectivity index (χ2v) is 7.35. The minimum atomic E-state index is 0. The van der Waals surface area contributed by atoms with Crippen molar-refractivity contribution in [3.05, 3.63) is 35.9 Å². The molecule has 2 saturated heterocycles. The highest BCUT2D eigenvalue weighted by molar-refractivity contribution is 7.99. The van der Waals surface area contributed by atoms with Crippen LogP contribution >= 0.6 is 36.6 Å². The first-order valence-corrected chi connectivity index (χ1v) is 9.32. The molecule has 0 bridgehead atoms. The third-order valence-corrected chi connectivity index (χ3v) is 5.45. The summed E-state index contributed by atoms with van der Waals surface area (Å²) in [6.07, 6.45) is 1.67. The molecule has 24 heavy (non-hydrogen) atoms. The van der Waals surface area contributed by atoms with Crippen LogP contribution in [0, 0.1) is 0 Å². The van der Waals surface area contributed by atoms with E-state index >= 15 is 0 Å². The first-order valence-electron chi connectivity index (χ1n) is 8.16. The number of nitrogens with one attached hydrogen (secondary N) is 2. The molecule has 2 unspecified atom stereocenters. The highest BCUT2D eigenvalue weighted by Crippen LogP contribution is 2.14. The normalized spacial score (nSPS) is 23.8. The van der Waals surface area contributed by atoms with Crippen molar-refractivity contribution in [1.29, 1.82) is 0 Å². The van der Waals surface area contributed by atoms with E-state index < -0.39 is 0 Å². The van der Waals surface area contributed by atoms with Gasteiger partial charge in [0.2, 0.25) is 5.91 Å². The van der Waals surface area contributed by atoms with Crippen molar-refractivity contribution in [3.8, 4) is 0 Å². The summed E-state index contributed by atoms with van der Waals surface area (Å²) in [5.74, 6) is 2.42. The molecule has 2 aliphatic rings. The number of likely N-dealkylation sites (tertiary alicyclic amines) is 1. The lowest BCUT2D eigenvalue weighted by Crippen LogP contribution is -2.44. The molecule has 2 atom stereocenters. The minimum Gasteiger partial charge on any atom is -0.352 e. The lowest BCUT2D eigenvalue weighted by Gasteiger charge is -2.23. The maximum atomic E-state index is 12.2. The van der Waals surface area contributed by atoms with Crippen molar-refractivity contribution in [1.82, 2.24) is 15.5 Å². The Labute approximate surface area is 161 Å². The molecule has 2 N–H and O–H groups in total. The van der Waals surface area contributed by atoms with Crippen molar-refractivity contribution < 1.29 is 4.79 Å². The molecule has 3 rings (SSSR count). The Kier molecular flexibility index (Phi) is 10.1.